The first kappa shape index (κ1) is 16.6. The Morgan fingerprint density at radius 3 is 2.75 bits per heavy atom. The highest BCUT2D eigenvalue weighted by atomic mass is 79.9. The largest absolute Gasteiger partial charge is 0.504 e. The summed E-state index contributed by atoms with van der Waals surface area (Å²) in [4.78, 5) is 17.0. The summed E-state index contributed by atoms with van der Waals surface area (Å²) in [6.45, 7) is 0. The lowest BCUT2D eigenvalue weighted by Crippen LogP contribution is -2.19. The molecule has 0 bridgehead atoms. The predicted octanol–water partition coefficient (Wildman–Crippen LogP) is 4.05. The Bertz CT molecular complexity index is 850. The number of nitrogens with zero attached hydrogens (tertiary/aromatic N) is 1. The fraction of sp³-hybridized carbons (Fsp3) is 0.0588. The molecule has 2 aromatic rings. The smallest absolute Gasteiger partial charge is 0.264 e. The van der Waals surface area contributed by atoms with Crippen LogP contribution in [0.1, 0.15) is 5.56 Å². The molecule has 0 spiro atoms. The molecule has 122 valence electrons. The number of aliphatic imine (C=N–C) groups is 1. The zero-order valence-electron chi connectivity index (χ0n) is 12.6. The minimum Gasteiger partial charge on any atom is -0.504 e. The van der Waals surface area contributed by atoms with Crippen LogP contribution >= 0.6 is 27.7 Å². The van der Waals surface area contributed by atoms with Gasteiger partial charge in [0.05, 0.1) is 17.7 Å². The number of amides is 1. The average molecular weight is 405 g/mol. The van der Waals surface area contributed by atoms with Crippen molar-refractivity contribution in [2.45, 2.75) is 0 Å². The molecule has 0 saturated carbocycles. The molecule has 7 heteroatoms. The molecule has 3 rings (SSSR count). The normalized spacial score (nSPS) is 17.3. The number of rotatable bonds is 3. The minimum atomic E-state index is -0.256. The number of benzene rings is 2. The number of hydrogen-bond acceptors (Lipinski definition) is 5. The maximum Gasteiger partial charge on any atom is 0.264 e. The van der Waals surface area contributed by atoms with E-state index in [0.29, 0.717) is 21.4 Å². The van der Waals surface area contributed by atoms with E-state index < -0.39 is 0 Å². The highest BCUT2D eigenvalue weighted by molar-refractivity contribution is 9.10. The van der Waals surface area contributed by atoms with Gasteiger partial charge in [0.1, 0.15) is 0 Å². The van der Waals surface area contributed by atoms with Gasteiger partial charge in [0.2, 0.25) is 0 Å². The van der Waals surface area contributed by atoms with E-state index in [2.05, 4.69) is 26.2 Å². The van der Waals surface area contributed by atoms with Crippen LogP contribution in [0.2, 0.25) is 0 Å². The number of aromatic hydroxyl groups is 1. The van der Waals surface area contributed by atoms with E-state index in [1.54, 1.807) is 18.2 Å². The van der Waals surface area contributed by atoms with E-state index in [1.807, 2.05) is 30.3 Å². The number of amidine groups is 1. The Morgan fingerprint density at radius 1 is 1.29 bits per heavy atom. The average Bonchev–Trinajstić information content (AvgIpc) is 2.91. The van der Waals surface area contributed by atoms with E-state index >= 15 is 0 Å². The fourth-order valence-electron chi connectivity index (χ4n) is 2.10. The van der Waals surface area contributed by atoms with Crippen LogP contribution in [0.4, 0.5) is 5.69 Å². The van der Waals surface area contributed by atoms with Gasteiger partial charge in [-0.3, -0.25) is 4.79 Å². The highest BCUT2D eigenvalue weighted by Gasteiger charge is 2.24. The summed E-state index contributed by atoms with van der Waals surface area (Å²) in [7, 11) is 1.47. The van der Waals surface area contributed by atoms with Gasteiger partial charge in [0, 0.05) is 10.0 Å². The number of phenolic OH excluding ortho intramolecular Hbond substituents is 1. The second-order valence-corrected chi connectivity index (χ2v) is 6.81. The summed E-state index contributed by atoms with van der Waals surface area (Å²) in [5.74, 6) is 0.0564. The topological polar surface area (TPSA) is 70.9 Å². The van der Waals surface area contributed by atoms with E-state index in [1.165, 1.54) is 18.9 Å². The van der Waals surface area contributed by atoms with Crippen LogP contribution in [0.3, 0.4) is 0 Å². The number of para-hydroxylation sites is 1. The summed E-state index contributed by atoms with van der Waals surface area (Å²) in [5.41, 5.74) is 1.24. The molecule has 0 unspecified atom stereocenters. The number of halogens is 1. The zero-order valence-corrected chi connectivity index (χ0v) is 15.0. The van der Waals surface area contributed by atoms with Crippen LogP contribution in [0.25, 0.3) is 6.08 Å². The molecule has 5 nitrogen and oxygen atoms in total. The van der Waals surface area contributed by atoms with Crippen LogP contribution in [-0.2, 0) is 4.79 Å². The van der Waals surface area contributed by atoms with E-state index in [0.717, 1.165) is 10.2 Å². The van der Waals surface area contributed by atoms with Crippen molar-refractivity contribution in [3.8, 4) is 11.5 Å². The Labute approximate surface area is 151 Å². The minimum absolute atomic E-state index is 0.0185. The second-order valence-electron chi connectivity index (χ2n) is 4.86. The quantitative estimate of drug-likeness (QED) is 0.756. The van der Waals surface area contributed by atoms with Gasteiger partial charge in [-0.05, 0) is 42.1 Å². The molecule has 24 heavy (non-hydrogen) atoms. The molecule has 1 amide bonds. The Kier molecular flexibility index (Phi) is 4.92. The van der Waals surface area contributed by atoms with E-state index in [-0.39, 0.29) is 11.7 Å². The SMILES string of the molecule is COc1cc(Br)cc(/C=C2/SC(=Nc3ccccc3)NC2=O)c1O. The lowest BCUT2D eigenvalue weighted by atomic mass is 10.1. The molecule has 0 atom stereocenters. The van der Waals surface area contributed by atoms with Crippen molar-refractivity contribution in [2.75, 3.05) is 7.11 Å². The third-order valence-electron chi connectivity index (χ3n) is 3.21. The molecular weight excluding hydrogens is 392 g/mol. The van der Waals surface area contributed by atoms with Gasteiger partial charge >= 0.3 is 0 Å². The maximum atomic E-state index is 12.1. The first-order valence-electron chi connectivity index (χ1n) is 6.98. The number of methoxy groups -OCH3 is 1. The van der Waals surface area contributed by atoms with Crippen LogP contribution in [0.15, 0.2) is 56.8 Å². The van der Waals surface area contributed by atoms with Gasteiger partial charge in [-0.15, -0.1) is 0 Å². The Balaban J connectivity index is 1.91. The highest BCUT2D eigenvalue weighted by Crippen LogP contribution is 2.37. The van der Waals surface area contributed by atoms with E-state index in [4.69, 9.17) is 4.74 Å². The van der Waals surface area contributed by atoms with Crippen molar-refractivity contribution in [1.29, 1.82) is 0 Å². The monoisotopic (exact) mass is 404 g/mol. The number of nitrogens with one attached hydrogen (secondary N) is 1. The lowest BCUT2D eigenvalue weighted by Gasteiger charge is -2.07. The third-order valence-corrected chi connectivity index (χ3v) is 4.58. The Morgan fingerprint density at radius 2 is 2.04 bits per heavy atom. The van der Waals surface area contributed by atoms with Crippen molar-refractivity contribution < 1.29 is 14.6 Å². The number of thioether (sulfide) groups is 1. The third kappa shape index (κ3) is 3.63. The molecule has 0 radical (unpaired) electrons. The molecule has 0 aromatic heterocycles. The summed E-state index contributed by atoms with van der Waals surface area (Å²) >= 11 is 4.58. The molecule has 2 aromatic carbocycles. The van der Waals surface area contributed by atoms with Gasteiger partial charge in [0.25, 0.3) is 5.91 Å². The fourth-order valence-corrected chi connectivity index (χ4v) is 3.39. The van der Waals surface area contributed by atoms with Crippen molar-refractivity contribution in [3.05, 3.63) is 57.4 Å². The number of carbonyl (C=O) groups is 1. The number of ether oxygens (including phenoxy) is 1. The van der Waals surface area contributed by atoms with Crippen LogP contribution in [0, 0.1) is 0 Å². The molecule has 1 fully saturated rings. The summed E-state index contributed by atoms with van der Waals surface area (Å²) in [5, 5.41) is 13.4. The second kappa shape index (κ2) is 7.11. The van der Waals surface area contributed by atoms with Crippen LogP contribution in [0.5, 0.6) is 11.5 Å². The molecule has 1 aliphatic heterocycles. The van der Waals surface area contributed by atoms with Gasteiger partial charge < -0.3 is 15.2 Å². The molecule has 0 aliphatic carbocycles. The lowest BCUT2D eigenvalue weighted by molar-refractivity contribution is -0.115. The first-order chi connectivity index (χ1) is 11.6. The standard InChI is InChI=1S/C17H13BrN2O3S/c1-23-13-9-11(18)7-10(15(13)21)8-14-16(22)20-17(24-14)19-12-5-3-2-4-6-12/h2-9,21H,1H3,(H,19,20,22)/b14-8+. The first-order valence-corrected chi connectivity index (χ1v) is 8.59. The van der Waals surface area contributed by atoms with Gasteiger partial charge in [0.15, 0.2) is 16.7 Å². The van der Waals surface area contributed by atoms with Crippen molar-refractivity contribution >= 4 is 50.5 Å². The molecule has 2 N–H and O–H groups in total. The zero-order chi connectivity index (χ0) is 17.1. The van der Waals surface area contributed by atoms with Crippen molar-refractivity contribution in [3.63, 3.8) is 0 Å². The summed E-state index contributed by atoms with van der Waals surface area (Å²) in [6.07, 6.45) is 1.61. The molecular formula is C17H13BrN2O3S. The van der Waals surface area contributed by atoms with Gasteiger partial charge in [-0.1, -0.05) is 34.1 Å². The van der Waals surface area contributed by atoms with Gasteiger partial charge in [-0.25, -0.2) is 4.99 Å². The van der Waals surface area contributed by atoms with Gasteiger partial charge in [-0.2, -0.15) is 0 Å². The number of hydrogen-bond donors (Lipinski definition) is 2. The van der Waals surface area contributed by atoms with Crippen molar-refractivity contribution in [2.24, 2.45) is 4.99 Å². The summed E-state index contributed by atoms with van der Waals surface area (Å²) < 4.78 is 5.86. The Hall–Kier alpha value is -2.25. The summed E-state index contributed by atoms with van der Waals surface area (Å²) in [6, 6.07) is 12.7. The molecule has 1 aliphatic rings. The number of carbonyl (C=O) groups excluding carboxylic acids is 1. The van der Waals surface area contributed by atoms with Crippen LogP contribution < -0.4 is 10.1 Å². The molecule has 1 saturated heterocycles. The predicted molar refractivity (Wildman–Crippen MR) is 99.6 cm³/mol. The number of phenols is 1. The van der Waals surface area contributed by atoms with E-state index in [9.17, 15) is 9.90 Å². The van der Waals surface area contributed by atoms with Crippen molar-refractivity contribution in [1.82, 2.24) is 5.32 Å². The van der Waals surface area contributed by atoms with Crippen LogP contribution in [-0.4, -0.2) is 23.3 Å². The maximum absolute atomic E-state index is 12.1. The molecule has 1 heterocycles.